The molecule has 0 fully saturated rings. The summed E-state index contributed by atoms with van der Waals surface area (Å²) in [5, 5.41) is 1.86. The SMILES string of the molecule is CCc1ccc2c(c1)C(=O)CC2NC(=O)C(F)(F)F. The summed E-state index contributed by atoms with van der Waals surface area (Å²) in [7, 11) is 0. The van der Waals surface area contributed by atoms with Crippen molar-refractivity contribution in [1.29, 1.82) is 0 Å². The van der Waals surface area contributed by atoms with E-state index in [1.165, 1.54) is 0 Å². The lowest BCUT2D eigenvalue weighted by Gasteiger charge is -2.14. The van der Waals surface area contributed by atoms with Crippen LogP contribution in [0.3, 0.4) is 0 Å². The smallest absolute Gasteiger partial charge is 0.341 e. The number of aryl methyl sites for hydroxylation is 1. The summed E-state index contributed by atoms with van der Waals surface area (Å²) < 4.78 is 36.6. The van der Waals surface area contributed by atoms with Crippen molar-refractivity contribution in [3.63, 3.8) is 0 Å². The molecule has 0 saturated carbocycles. The molecule has 1 amide bonds. The number of amides is 1. The van der Waals surface area contributed by atoms with Crippen LogP contribution < -0.4 is 5.32 Å². The molecular formula is C13H12F3NO2. The second kappa shape index (κ2) is 4.68. The largest absolute Gasteiger partial charge is 0.471 e. The molecule has 19 heavy (non-hydrogen) atoms. The van der Waals surface area contributed by atoms with Crippen LogP contribution in [0.15, 0.2) is 18.2 Å². The van der Waals surface area contributed by atoms with Gasteiger partial charge in [-0.15, -0.1) is 0 Å². The van der Waals surface area contributed by atoms with Crippen molar-refractivity contribution in [2.75, 3.05) is 0 Å². The summed E-state index contributed by atoms with van der Waals surface area (Å²) in [6.07, 6.45) is -4.32. The summed E-state index contributed by atoms with van der Waals surface area (Å²) in [5.41, 5.74) is 1.81. The van der Waals surface area contributed by atoms with E-state index in [-0.39, 0.29) is 12.2 Å². The zero-order chi connectivity index (χ0) is 14.2. The van der Waals surface area contributed by atoms with Gasteiger partial charge in [0, 0.05) is 12.0 Å². The molecule has 0 aromatic heterocycles. The van der Waals surface area contributed by atoms with Crippen LogP contribution in [0.2, 0.25) is 0 Å². The third kappa shape index (κ3) is 2.62. The van der Waals surface area contributed by atoms with Crippen molar-refractivity contribution in [3.05, 3.63) is 34.9 Å². The lowest BCUT2D eigenvalue weighted by atomic mass is 10.0. The summed E-state index contributed by atoms with van der Waals surface area (Å²) in [6, 6.07) is 4.16. The first-order chi connectivity index (χ1) is 8.82. The Kier molecular flexibility index (Phi) is 3.34. The van der Waals surface area contributed by atoms with E-state index in [0.717, 1.165) is 12.0 Å². The van der Waals surface area contributed by atoms with Gasteiger partial charge in [-0.05, 0) is 23.6 Å². The highest BCUT2D eigenvalue weighted by molar-refractivity contribution is 6.02. The number of ketones is 1. The van der Waals surface area contributed by atoms with Gasteiger partial charge in [0.15, 0.2) is 5.78 Å². The first kappa shape index (κ1) is 13.6. The molecule has 0 heterocycles. The van der Waals surface area contributed by atoms with Crippen LogP contribution in [0.1, 0.15) is 40.9 Å². The second-order valence-corrected chi connectivity index (χ2v) is 4.43. The molecule has 1 aliphatic rings. The van der Waals surface area contributed by atoms with Crippen LogP contribution in [0.5, 0.6) is 0 Å². The van der Waals surface area contributed by atoms with Crippen LogP contribution in [0, 0.1) is 0 Å². The maximum atomic E-state index is 12.2. The van der Waals surface area contributed by atoms with Crippen molar-refractivity contribution >= 4 is 11.7 Å². The molecule has 6 heteroatoms. The lowest BCUT2D eigenvalue weighted by molar-refractivity contribution is -0.174. The first-order valence-electron chi connectivity index (χ1n) is 5.86. The van der Waals surface area contributed by atoms with Gasteiger partial charge in [0.2, 0.25) is 0 Å². The Balaban J connectivity index is 2.25. The Labute approximate surface area is 107 Å². The third-order valence-corrected chi connectivity index (χ3v) is 3.15. The highest BCUT2D eigenvalue weighted by Crippen LogP contribution is 2.32. The number of hydrogen-bond donors (Lipinski definition) is 1. The Hall–Kier alpha value is -1.85. The Bertz CT molecular complexity index is 537. The van der Waals surface area contributed by atoms with Gasteiger partial charge >= 0.3 is 12.1 Å². The molecule has 102 valence electrons. The van der Waals surface area contributed by atoms with Crippen LogP contribution in [0.25, 0.3) is 0 Å². The lowest BCUT2D eigenvalue weighted by Crippen LogP contribution is -2.38. The number of benzene rings is 1. The maximum absolute atomic E-state index is 12.2. The van der Waals surface area contributed by atoms with Gasteiger partial charge in [0.25, 0.3) is 0 Å². The molecule has 0 bridgehead atoms. The molecule has 1 N–H and O–H groups in total. The molecule has 2 rings (SSSR count). The van der Waals surface area contributed by atoms with Gasteiger partial charge in [-0.25, -0.2) is 0 Å². The Morgan fingerprint density at radius 1 is 1.42 bits per heavy atom. The standard InChI is InChI=1S/C13H12F3NO2/c1-2-7-3-4-8-9(5-7)11(18)6-10(8)17-12(19)13(14,15)16/h3-5,10H,2,6H2,1H3,(H,17,19). The predicted molar refractivity (Wildman–Crippen MR) is 61.7 cm³/mol. The van der Waals surface area contributed by atoms with Crippen LogP contribution in [0.4, 0.5) is 13.2 Å². The number of carbonyl (C=O) groups excluding carboxylic acids is 2. The van der Waals surface area contributed by atoms with Crippen molar-refractivity contribution < 1.29 is 22.8 Å². The Morgan fingerprint density at radius 3 is 2.68 bits per heavy atom. The fourth-order valence-electron chi connectivity index (χ4n) is 2.14. The summed E-state index contributed by atoms with van der Waals surface area (Å²) in [4.78, 5) is 22.7. The fraction of sp³-hybridized carbons (Fsp3) is 0.385. The molecule has 0 aliphatic heterocycles. The minimum Gasteiger partial charge on any atom is -0.341 e. The molecule has 1 aliphatic carbocycles. The molecule has 1 aromatic rings. The molecule has 0 radical (unpaired) electrons. The predicted octanol–water partition coefficient (Wildman–Crippen LogP) is 2.56. The van der Waals surface area contributed by atoms with E-state index in [0.29, 0.717) is 11.1 Å². The molecular weight excluding hydrogens is 259 g/mol. The number of rotatable bonds is 2. The minimum atomic E-state index is -4.94. The summed E-state index contributed by atoms with van der Waals surface area (Å²) >= 11 is 0. The van der Waals surface area contributed by atoms with E-state index in [4.69, 9.17) is 0 Å². The van der Waals surface area contributed by atoms with E-state index in [1.807, 2.05) is 12.2 Å². The number of Topliss-reactive ketones (excluding diaryl/α,β-unsaturated/α-hetero) is 1. The monoisotopic (exact) mass is 271 g/mol. The van der Waals surface area contributed by atoms with E-state index >= 15 is 0 Å². The van der Waals surface area contributed by atoms with Crippen LogP contribution in [-0.2, 0) is 11.2 Å². The average Bonchev–Trinajstić information content (AvgIpc) is 2.64. The van der Waals surface area contributed by atoms with Gasteiger partial charge in [0.1, 0.15) is 0 Å². The van der Waals surface area contributed by atoms with Crippen molar-refractivity contribution in [3.8, 4) is 0 Å². The fourth-order valence-corrected chi connectivity index (χ4v) is 2.14. The van der Waals surface area contributed by atoms with Gasteiger partial charge in [-0.1, -0.05) is 19.1 Å². The highest BCUT2D eigenvalue weighted by atomic mass is 19.4. The van der Waals surface area contributed by atoms with Crippen molar-refractivity contribution in [1.82, 2.24) is 5.32 Å². The highest BCUT2D eigenvalue weighted by Gasteiger charge is 2.41. The van der Waals surface area contributed by atoms with Gasteiger partial charge in [-0.3, -0.25) is 9.59 Å². The normalized spacial score (nSPS) is 18.3. The van der Waals surface area contributed by atoms with Crippen LogP contribution in [-0.4, -0.2) is 17.9 Å². The molecule has 1 unspecified atom stereocenters. The number of hydrogen-bond acceptors (Lipinski definition) is 2. The van der Waals surface area contributed by atoms with E-state index < -0.39 is 18.1 Å². The second-order valence-electron chi connectivity index (χ2n) is 4.43. The minimum absolute atomic E-state index is 0.121. The topological polar surface area (TPSA) is 46.2 Å². The van der Waals surface area contributed by atoms with Gasteiger partial charge < -0.3 is 5.32 Å². The number of carbonyl (C=O) groups is 2. The first-order valence-corrected chi connectivity index (χ1v) is 5.86. The number of halogens is 3. The maximum Gasteiger partial charge on any atom is 0.471 e. The zero-order valence-corrected chi connectivity index (χ0v) is 10.2. The van der Waals surface area contributed by atoms with E-state index in [9.17, 15) is 22.8 Å². The number of nitrogens with one attached hydrogen (secondary N) is 1. The molecule has 1 aromatic carbocycles. The molecule has 3 nitrogen and oxygen atoms in total. The van der Waals surface area contributed by atoms with E-state index in [1.54, 1.807) is 18.2 Å². The van der Waals surface area contributed by atoms with Gasteiger partial charge in [0.05, 0.1) is 6.04 Å². The van der Waals surface area contributed by atoms with Crippen LogP contribution >= 0.6 is 0 Å². The summed E-state index contributed by atoms with van der Waals surface area (Å²) in [6.45, 7) is 1.92. The quantitative estimate of drug-likeness (QED) is 0.898. The molecule has 0 saturated heterocycles. The van der Waals surface area contributed by atoms with E-state index in [2.05, 4.69) is 0 Å². The average molecular weight is 271 g/mol. The summed E-state index contributed by atoms with van der Waals surface area (Å²) in [5.74, 6) is -2.25. The molecule has 1 atom stereocenters. The van der Waals surface area contributed by atoms with Crippen molar-refractivity contribution in [2.24, 2.45) is 0 Å². The van der Waals surface area contributed by atoms with Crippen molar-refractivity contribution in [2.45, 2.75) is 32.0 Å². The van der Waals surface area contributed by atoms with Gasteiger partial charge in [-0.2, -0.15) is 13.2 Å². The number of alkyl halides is 3. The zero-order valence-electron chi connectivity index (χ0n) is 10.2. The molecule has 0 spiro atoms. The third-order valence-electron chi connectivity index (χ3n) is 3.15. The number of fused-ring (bicyclic) bond motifs is 1. The Morgan fingerprint density at radius 2 is 2.11 bits per heavy atom.